The van der Waals surface area contributed by atoms with E-state index in [4.69, 9.17) is 0 Å². The van der Waals surface area contributed by atoms with Gasteiger partial charge in [-0.3, -0.25) is 9.59 Å². The van der Waals surface area contributed by atoms with Gasteiger partial charge < -0.3 is 15.5 Å². The molecule has 0 aromatic carbocycles. The summed E-state index contributed by atoms with van der Waals surface area (Å²) in [5.74, 6) is 0.0851. The normalized spacial score (nSPS) is 30.4. The summed E-state index contributed by atoms with van der Waals surface area (Å²) in [4.78, 5) is 25.5. The molecule has 5 nitrogen and oxygen atoms in total. The molecule has 3 heterocycles. The number of rotatable bonds is 1. The highest BCUT2D eigenvalue weighted by Gasteiger charge is 2.39. The number of carbonyl (C=O) groups excluding carboxylic acids is 2. The van der Waals surface area contributed by atoms with Gasteiger partial charge >= 0.3 is 0 Å². The van der Waals surface area contributed by atoms with E-state index in [1.54, 1.807) is 0 Å². The fourth-order valence-electron chi connectivity index (χ4n) is 3.70. The number of amides is 2. The molecule has 3 saturated heterocycles. The lowest BCUT2D eigenvalue weighted by molar-refractivity contribution is -0.138. The van der Waals surface area contributed by atoms with Gasteiger partial charge in [-0.05, 0) is 44.2 Å². The zero-order valence-corrected chi connectivity index (χ0v) is 11.4. The number of carbonyl (C=O) groups is 2. The quantitative estimate of drug-likeness (QED) is 0.707. The van der Waals surface area contributed by atoms with E-state index in [0.717, 1.165) is 39.0 Å². The zero-order valence-electron chi connectivity index (χ0n) is 11.4. The summed E-state index contributed by atoms with van der Waals surface area (Å²) < 4.78 is 0. The molecule has 3 aliphatic rings. The van der Waals surface area contributed by atoms with Crippen LogP contribution in [-0.2, 0) is 9.59 Å². The van der Waals surface area contributed by atoms with Gasteiger partial charge in [-0.2, -0.15) is 0 Å². The predicted molar refractivity (Wildman–Crippen MR) is 71.5 cm³/mol. The molecule has 3 aliphatic heterocycles. The first-order valence-electron chi connectivity index (χ1n) is 7.45. The lowest BCUT2D eigenvalue weighted by atomic mass is 9.71. The van der Waals surface area contributed by atoms with Gasteiger partial charge in [0.2, 0.25) is 11.8 Å². The molecule has 0 radical (unpaired) electrons. The molecule has 3 fully saturated rings. The highest BCUT2D eigenvalue weighted by atomic mass is 16.2. The lowest BCUT2D eigenvalue weighted by Gasteiger charge is -2.44. The monoisotopic (exact) mass is 265 g/mol. The summed E-state index contributed by atoms with van der Waals surface area (Å²) in [5.41, 5.74) is 0.478. The van der Waals surface area contributed by atoms with Gasteiger partial charge in [-0.25, -0.2) is 0 Å². The Bertz CT molecular complexity index is 367. The molecule has 106 valence electrons. The zero-order chi connectivity index (χ0) is 13.3. The van der Waals surface area contributed by atoms with E-state index in [2.05, 4.69) is 10.6 Å². The summed E-state index contributed by atoms with van der Waals surface area (Å²) >= 11 is 0. The van der Waals surface area contributed by atoms with E-state index >= 15 is 0 Å². The van der Waals surface area contributed by atoms with Crippen LogP contribution < -0.4 is 10.6 Å². The van der Waals surface area contributed by atoms with Crippen LogP contribution in [0.25, 0.3) is 0 Å². The minimum absolute atomic E-state index is 0.0187. The molecule has 1 atom stereocenters. The van der Waals surface area contributed by atoms with E-state index in [0.29, 0.717) is 18.4 Å². The molecule has 0 aromatic heterocycles. The Hall–Kier alpha value is -1.10. The van der Waals surface area contributed by atoms with Crippen molar-refractivity contribution in [3.8, 4) is 0 Å². The number of hydrogen-bond acceptors (Lipinski definition) is 3. The Balaban J connectivity index is 1.54. The van der Waals surface area contributed by atoms with E-state index in [-0.39, 0.29) is 17.7 Å². The van der Waals surface area contributed by atoms with Crippen molar-refractivity contribution in [1.29, 1.82) is 0 Å². The van der Waals surface area contributed by atoms with Gasteiger partial charge in [0.15, 0.2) is 0 Å². The minimum Gasteiger partial charge on any atom is -0.355 e. The molecule has 0 aromatic rings. The fourth-order valence-corrected chi connectivity index (χ4v) is 3.70. The number of nitrogens with zero attached hydrogens (tertiary/aromatic N) is 1. The molecular formula is C14H23N3O2. The van der Waals surface area contributed by atoms with E-state index in [1.807, 2.05) is 4.90 Å². The highest BCUT2D eigenvalue weighted by Crippen LogP contribution is 2.39. The third-order valence-corrected chi connectivity index (χ3v) is 5.13. The van der Waals surface area contributed by atoms with Crippen LogP contribution in [0.4, 0.5) is 0 Å². The fraction of sp³-hybridized carbons (Fsp3) is 0.857. The Labute approximate surface area is 114 Å². The van der Waals surface area contributed by atoms with Crippen LogP contribution in [0.1, 0.15) is 32.1 Å². The molecule has 0 saturated carbocycles. The van der Waals surface area contributed by atoms with Gasteiger partial charge in [-0.1, -0.05) is 0 Å². The first kappa shape index (κ1) is 12.9. The average Bonchev–Trinajstić information content (AvgIpc) is 2.87. The maximum atomic E-state index is 12.3. The van der Waals surface area contributed by atoms with Crippen molar-refractivity contribution in [2.24, 2.45) is 11.3 Å². The molecular weight excluding hydrogens is 242 g/mol. The van der Waals surface area contributed by atoms with Crippen LogP contribution in [0.5, 0.6) is 0 Å². The third-order valence-electron chi connectivity index (χ3n) is 5.13. The van der Waals surface area contributed by atoms with Crippen LogP contribution >= 0.6 is 0 Å². The largest absolute Gasteiger partial charge is 0.355 e. The number of hydrogen-bond donors (Lipinski definition) is 2. The molecule has 0 bridgehead atoms. The second-order valence-corrected chi connectivity index (χ2v) is 6.28. The molecule has 19 heavy (non-hydrogen) atoms. The number of piperidine rings is 2. The number of nitrogens with one attached hydrogen (secondary N) is 2. The smallest absolute Gasteiger partial charge is 0.227 e. The Morgan fingerprint density at radius 1 is 1.16 bits per heavy atom. The Morgan fingerprint density at radius 2 is 1.84 bits per heavy atom. The van der Waals surface area contributed by atoms with Crippen molar-refractivity contribution < 1.29 is 9.59 Å². The SMILES string of the molecule is O=C1CC(C(=O)N2CCC3(CCNCC3)CC2)CN1. The maximum Gasteiger partial charge on any atom is 0.227 e. The van der Waals surface area contributed by atoms with Crippen LogP contribution in [0.3, 0.4) is 0 Å². The summed E-state index contributed by atoms with van der Waals surface area (Å²) in [5, 5.41) is 6.17. The Morgan fingerprint density at radius 3 is 2.42 bits per heavy atom. The first-order valence-corrected chi connectivity index (χ1v) is 7.45. The number of likely N-dealkylation sites (tertiary alicyclic amines) is 1. The predicted octanol–water partition coefficient (Wildman–Crippen LogP) is 0.115. The maximum absolute atomic E-state index is 12.3. The standard InChI is InChI=1S/C14H23N3O2/c18-12-9-11(10-16-12)13(19)17-7-3-14(4-8-17)1-5-15-6-2-14/h11,15H,1-10H2,(H,16,18). The van der Waals surface area contributed by atoms with Crippen LogP contribution in [0.2, 0.25) is 0 Å². The second kappa shape index (κ2) is 5.12. The highest BCUT2D eigenvalue weighted by molar-refractivity contribution is 5.89. The summed E-state index contributed by atoms with van der Waals surface area (Å²) in [6.45, 7) is 4.53. The molecule has 1 unspecified atom stereocenters. The van der Waals surface area contributed by atoms with Crippen molar-refractivity contribution in [3.05, 3.63) is 0 Å². The van der Waals surface area contributed by atoms with Crippen LogP contribution in [0, 0.1) is 11.3 Å². The van der Waals surface area contributed by atoms with Gasteiger partial charge in [-0.15, -0.1) is 0 Å². The van der Waals surface area contributed by atoms with Crippen molar-refractivity contribution >= 4 is 11.8 Å². The van der Waals surface area contributed by atoms with Gasteiger partial charge in [0, 0.05) is 26.1 Å². The van der Waals surface area contributed by atoms with E-state index in [9.17, 15) is 9.59 Å². The van der Waals surface area contributed by atoms with Crippen LogP contribution in [0.15, 0.2) is 0 Å². The Kier molecular flexibility index (Phi) is 3.48. The van der Waals surface area contributed by atoms with Crippen LogP contribution in [-0.4, -0.2) is 49.4 Å². The summed E-state index contributed by atoms with van der Waals surface area (Å²) in [7, 11) is 0. The molecule has 2 N–H and O–H groups in total. The molecule has 0 aliphatic carbocycles. The van der Waals surface area contributed by atoms with Gasteiger partial charge in [0.25, 0.3) is 0 Å². The molecule has 5 heteroatoms. The van der Waals surface area contributed by atoms with E-state index in [1.165, 1.54) is 12.8 Å². The first-order chi connectivity index (χ1) is 9.19. The molecule has 2 amide bonds. The van der Waals surface area contributed by atoms with Crippen molar-refractivity contribution in [1.82, 2.24) is 15.5 Å². The molecule has 1 spiro atoms. The summed E-state index contributed by atoms with van der Waals surface area (Å²) in [6.07, 6.45) is 5.14. The van der Waals surface area contributed by atoms with E-state index < -0.39 is 0 Å². The minimum atomic E-state index is -0.116. The third kappa shape index (κ3) is 2.61. The summed E-state index contributed by atoms with van der Waals surface area (Å²) in [6, 6.07) is 0. The van der Waals surface area contributed by atoms with Gasteiger partial charge in [0.1, 0.15) is 0 Å². The topological polar surface area (TPSA) is 61.4 Å². The lowest BCUT2D eigenvalue weighted by Crippen LogP contribution is -2.48. The second-order valence-electron chi connectivity index (χ2n) is 6.28. The van der Waals surface area contributed by atoms with Crippen molar-refractivity contribution in [3.63, 3.8) is 0 Å². The van der Waals surface area contributed by atoms with Gasteiger partial charge in [0.05, 0.1) is 5.92 Å². The van der Waals surface area contributed by atoms with Crippen molar-refractivity contribution in [2.75, 3.05) is 32.7 Å². The van der Waals surface area contributed by atoms with Crippen molar-refractivity contribution in [2.45, 2.75) is 32.1 Å². The average molecular weight is 265 g/mol. The molecule has 3 rings (SSSR count).